The molecule has 0 bridgehead atoms. The molecule has 9 nitrogen and oxygen atoms in total. The first kappa shape index (κ1) is 28.6. The fourth-order valence-corrected chi connectivity index (χ4v) is 3.78. The van der Waals surface area contributed by atoms with Gasteiger partial charge in [0.2, 0.25) is 10.4 Å². The third-order valence-electron chi connectivity index (χ3n) is 4.13. The standard InChI is InChI=1S/C18H22ClN3O6S2.K/c1-4-22(9-10-28-30(25,26)27)14-5-7-17(13(2)11-14)20-21-18-8-6-15(12-16(18)19)29(3,23)24;/h5-8,11-12H,4,9-10H2,1-3H3,(H,25,26,27);/q;+1/p-1. The van der Waals surface area contributed by atoms with Gasteiger partial charge in [-0.15, -0.1) is 5.11 Å². The molecule has 0 aliphatic rings. The minimum atomic E-state index is -4.72. The van der Waals surface area contributed by atoms with E-state index in [1.807, 2.05) is 24.8 Å². The molecule has 0 amide bonds. The van der Waals surface area contributed by atoms with Gasteiger partial charge in [-0.1, -0.05) is 11.6 Å². The van der Waals surface area contributed by atoms with Crippen LogP contribution in [0.5, 0.6) is 0 Å². The summed E-state index contributed by atoms with van der Waals surface area (Å²) in [5.41, 5.74) is 2.52. The fraction of sp³-hybridized carbons (Fsp3) is 0.333. The summed E-state index contributed by atoms with van der Waals surface area (Å²) >= 11 is 6.11. The van der Waals surface area contributed by atoms with Crippen molar-refractivity contribution in [3.05, 3.63) is 47.0 Å². The number of halogens is 1. The van der Waals surface area contributed by atoms with Crippen LogP contribution in [0, 0.1) is 6.92 Å². The molecule has 0 saturated carbocycles. The Labute approximate surface area is 230 Å². The van der Waals surface area contributed by atoms with Crippen LogP contribution in [0.1, 0.15) is 12.5 Å². The number of anilines is 1. The van der Waals surface area contributed by atoms with Crippen molar-refractivity contribution in [2.45, 2.75) is 18.7 Å². The smallest absolute Gasteiger partial charge is 0.726 e. The Kier molecular flexibility index (Phi) is 11.2. The molecule has 0 N–H and O–H groups in total. The molecule has 0 saturated heterocycles. The van der Waals surface area contributed by atoms with Gasteiger partial charge in [-0.05, 0) is 55.8 Å². The van der Waals surface area contributed by atoms with E-state index in [9.17, 15) is 21.4 Å². The quantitative estimate of drug-likeness (QED) is 0.209. The molecule has 31 heavy (non-hydrogen) atoms. The Bertz CT molecular complexity index is 1160. The summed E-state index contributed by atoms with van der Waals surface area (Å²) in [4.78, 5) is 1.94. The van der Waals surface area contributed by atoms with Gasteiger partial charge < -0.3 is 9.45 Å². The first-order chi connectivity index (χ1) is 13.9. The fourth-order valence-electron chi connectivity index (χ4n) is 2.57. The van der Waals surface area contributed by atoms with Crippen molar-refractivity contribution in [1.82, 2.24) is 0 Å². The first-order valence-corrected chi connectivity index (χ1v) is 12.4. The van der Waals surface area contributed by atoms with E-state index in [0.29, 0.717) is 17.9 Å². The number of aryl methyl sites for hydroxylation is 1. The van der Waals surface area contributed by atoms with Crippen LogP contribution >= 0.6 is 11.6 Å². The Hall–Kier alpha value is -0.414. The molecule has 0 radical (unpaired) electrons. The summed E-state index contributed by atoms with van der Waals surface area (Å²) in [7, 11) is -8.09. The third kappa shape index (κ3) is 9.16. The monoisotopic (exact) mass is 513 g/mol. The van der Waals surface area contributed by atoms with Crippen LogP contribution in [0.2, 0.25) is 5.02 Å². The summed E-state index contributed by atoms with van der Waals surface area (Å²) in [6.07, 6.45) is 1.09. The van der Waals surface area contributed by atoms with Gasteiger partial charge in [0.05, 0.1) is 22.2 Å². The molecular weight excluding hydrogens is 493 g/mol. The minimum Gasteiger partial charge on any atom is -0.726 e. The zero-order chi connectivity index (χ0) is 22.5. The molecule has 0 aliphatic carbocycles. The van der Waals surface area contributed by atoms with Gasteiger partial charge >= 0.3 is 51.4 Å². The molecule has 2 aromatic carbocycles. The van der Waals surface area contributed by atoms with Crippen molar-refractivity contribution in [3.63, 3.8) is 0 Å². The van der Waals surface area contributed by atoms with E-state index >= 15 is 0 Å². The van der Waals surface area contributed by atoms with Gasteiger partial charge in [-0.2, -0.15) is 5.11 Å². The Morgan fingerprint density at radius 2 is 1.68 bits per heavy atom. The van der Waals surface area contributed by atoms with Crippen molar-refractivity contribution in [2.75, 3.05) is 30.9 Å². The predicted molar refractivity (Wildman–Crippen MR) is 113 cm³/mol. The number of rotatable bonds is 9. The summed E-state index contributed by atoms with van der Waals surface area (Å²) in [5.74, 6) is 0. The largest absolute Gasteiger partial charge is 1.00 e. The summed E-state index contributed by atoms with van der Waals surface area (Å²) in [6.45, 7) is 4.27. The number of sulfone groups is 1. The second-order valence-corrected chi connectivity index (χ2v) is 9.84. The predicted octanol–water partition coefficient (Wildman–Crippen LogP) is 0.774. The Morgan fingerprint density at radius 3 is 2.19 bits per heavy atom. The van der Waals surface area contributed by atoms with Crippen molar-refractivity contribution in [3.8, 4) is 0 Å². The minimum absolute atomic E-state index is 0. The van der Waals surface area contributed by atoms with Crippen LogP contribution in [0.3, 0.4) is 0 Å². The van der Waals surface area contributed by atoms with Crippen LogP contribution < -0.4 is 56.3 Å². The molecule has 0 fully saturated rings. The van der Waals surface area contributed by atoms with Crippen LogP contribution in [0.25, 0.3) is 0 Å². The zero-order valence-corrected chi connectivity index (χ0v) is 23.1. The molecule has 2 rings (SSSR count). The van der Waals surface area contributed by atoms with Crippen molar-refractivity contribution >= 4 is 48.9 Å². The maximum absolute atomic E-state index is 11.6. The Morgan fingerprint density at radius 1 is 1.06 bits per heavy atom. The normalized spacial score (nSPS) is 12.0. The molecule has 0 aromatic heterocycles. The summed E-state index contributed by atoms with van der Waals surface area (Å²) in [5, 5.41) is 8.44. The molecule has 0 heterocycles. The number of nitrogens with zero attached hydrogens (tertiary/aromatic N) is 3. The van der Waals surface area contributed by atoms with Gasteiger partial charge in [0.1, 0.15) is 5.69 Å². The van der Waals surface area contributed by atoms with E-state index in [0.717, 1.165) is 17.5 Å². The molecule has 0 aliphatic heterocycles. The summed E-state index contributed by atoms with van der Waals surface area (Å²) in [6, 6.07) is 9.58. The average Bonchev–Trinajstić information content (AvgIpc) is 2.63. The van der Waals surface area contributed by atoms with E-state index in [1.54, 1.807) is 12.1 Å². The number of hydrogen-bond acceptors (Lipinski definition) is 9. The molecular formula is C18H21ClKN3O6S2. The van der Waals surface area contributed by atoms with Crippen LogP contribution in [0.15, 0.2) is 51.5 Å². The number of hydrogen-bond donors (Lipinski definition) is 0. The summed E-state index contributed by atoms with van der Waals surface area (Å²) < 4.78 is 59.1. The van der Waals surface area contributed by atoms with Crippen molar-refractivity contribution in [2.24, 2.45) is 10.2 Å². The van der Waals surface area contributed by atoms with E-state index in [-0.39, 0.29) is 74.5 Å². The van der Waals surface area contributed by atoms with Gasteiger partial charge in [-0.3, -0.25) is 4.18 Å². The van der Waals surface area contributed by atoms with Gasteiger partial charge in [0.15, 0.2) is 9.84 Å². The maximum atomic E-state index is 11.6. The second-order valence-electron chi connectivity index (χ2n) is 6.37. The van der Waals surface area contributed by atoms with E-state index in [4.69, 9.17) is 11.6 Å². The zero-order valence-electron chi connectivity index (χ0n) is 17.6. The molecule has 0 atom stereocenters. The molecule has 0 unspecified atom stereocenters. The number of likely N-dealkylation sites (N-methyl/N-ethyl adjacent to an activating group) is 1. The van der Waals surface area contributed by atoms with Crippen LogP contribution in [-0.4, -0.2) is 47.3 Å². The number of benzene rings is 2. The third-order valence-corrected chi connectivity index (χ3v) is 6.00. The van der Waals surface area contributed by atoms with E-state index < -0.39 is 20.2 Å². The molecule has 164 valence electrons. The second kappa shape index (κ2) is 12.2. The van der Waals surface area contributed by atoms with Crippen molar-refractivity contribution in [1.29, 1.82) is 0 Å². The maximum Gasteiger partial charge on any atom is 1.00 e. The average molecular weight is 514 g/mol. The first-order valence-electron chi connectivity index (χ1n) is 8.78. The SMILES string of the molecule is CCN(CCOS(=O)(=O)[O-])c1ccc(N=Nc2ccc(S(C)(=O)=O)cc2Cl)c(C)c1.[K+]. The van der Waals surface area contributed by atoms with E-state index in [2.05, 4.69) is 14.4 Å². The molecule has 0 spiro atoms. The molecule has 13 heteroatoms. The van der Waals surface area contributed by atoms with E-state index in [1.165, 1.54) is 18.2 Å². The van der Waals surface area contributed by atoms with Crippen molar-refractivity contribution < 1.29 is 77.0 Å². The molecule has 2 aromatic rings. The van der Waals surface area contributed by atoms with Gasteiger partial charge in [0, 0.05) is 25.0 Å². The van der Waals surface area contributed by atoms with Gasteiger partial charge in [0.25, 0.3) is 0 Å². The van der Waals surface area contributed by atoms with Gasteiger partial charge in [-0.25, -0.2) is 16.8 Å². The number of azo groups is 1. The van der Waals surface area contributed by atoms with Crippen LogP contribution in [-0.2, 0) is 24.4 Å². The topological polar surface area (TPSA) is 129 Å². The van der Waals surface area contributed by atoms with Crippen LogP contribution in [0.4, 0.5) is 17.1 Å². The Balaban J connectivity index is 0.00000480.